The average molecular weight is 192 g/mol. The van der Waals surface area contributed by atoms with E-state index in [1.807, 2.05) is 19.9 Å². The molecule has 0 aliphatic rings. The lowest BCUT2D eigenvalue weighted by atomic mass is 9.91. The van der Waals surface area contributed by atoms with Crippen LogP contribution in [0.3, 0.4) is 0 Å². The summed E-state index contributed by atoms with van der Waals surface area (Å²) in [7, 11) is 0. The molecule has 1 N–H and O–H groups in total. The van der Waals surface area contributed by atoms with Gasteiger partial charge in [0.25, 0.3) is 0 Å². The number of hydrogen-bond acceptors (Lipinski definition) is 3. The second-order valence-electron chi connectivity index (χ2n) is 4.05. The molecular formula is C11H16N2O. The second-order valence-corrected chi connectivity index (χ2v) is 4.05. The maximum absolute atomic E-state index is 8.78. The van der Waals surface area contributed by atoms with E-state index in [1.165, 1.54) is 0 Å². The molecule has 1 aromatic rings. The molecule has 0 fully saturated rings. The van der Waals surface area contributed by atoms with Crippen molar-refractivity contribution < 1.29 is 4.42 Å². The van der Waals surface area contributed by atoms with Gasteiger partial charge in [-0.05, 0) is 32.9 Å². The Hall–Kier alpha value is -1.27. The SMILES string of the molecule is CC(C)(C#N)CCNCc1ccoc1. The molecule has 0 aliphatic carbocycles. The van der Waals surface area contributed by atoms with Crippen LogP contribution in [0, 0.1) is 16.7 Å². The van der Waals surface area contributed by atoms with Crippen LogP contribution in [0.1, 0.15) is 25.8 Å². The highest BCUT2D eigenvalue weighted by atomic mass is 16.3. The van der Waals surface area contributed by atoms with Crippen LogP contribution in [0.15, 0.2) is 23.0 Å². The molecule has 0 aromatic carbocycles. The summed E-state index contributed by atoms with van der Waals surface area (Å²) >= 11 is 0. The zero-order valence-corrected chi connectivity index (χ0v) is 8.71. The highest BCUT2D eigenvalue weighted by Crippen LogP contribution is 2.17. The number of furan rings is 1. The first kappa shape index (κ1) is 10.8. The number of hydrogen-bond donors (Lipinski definition) is 1. The third-order valence-electron chi connectivity index (χ3n) is 2.14. The Labute approximate surface area is 84.7 Å². The predicted molar refractivity (Wildman–Crippen MR) is 54.4 cm³/mol. The molecule has 0 saturated heterocycles. The Morgan fingerprint density at radius 3 is 2.93 bits per heavy atom. The zero-order valence-electron chi connectivity index (χ0n) is 8.71. The van der Waals surface area contributed by atoms with Gasteiger partial charge in [0.15, 0.2) is 0 Å². The Balaban J connectivity index is 2.15. The topological polar surface area (TPSA) is 49.0 Å². The normalized spacial score (nSPS) is 11.2. The minimum Gasteiger partial charge on any atom is -0.472 e. The van der Waals surface area contributed by atoms with Gasteiger partial charge in [-0.25, -0.2) is 0 Å². The number of nitrogens with one attached hydrogen (secondary N) is 1. The molecule has 0 amide bonds. The van der Waals surface area contributed by atoms with Crippen molar-refractivity contribution in [3.05, 3.63) is 24.2 Å². The molecule has 3 heteroatoms. The fraction of sp³-hybridized carbons (Fsp3) is 0.545. The van der Waals surface area contributed by atoms with Crippen molar-refractivity contribution in [2.75, 3.05) is 6.54 Å². The van der Waals surface area contributed by atoms with Gasteiger partial charge in [0.1, 0.15) is 0 Å². The van der Waals surface area contributed by atoms with Gasteiger partial charge < -0.3 is 9.73 Å². The van der Waals surface area contributed by atoms with Crippen molar-refractivity contribution in [1.29, 1.82) is 5.26 Å². The molecular weight excluding hydrogens is 176 g/mol. The summed E-state index contributed by atoms with van der Waals surface area (Å²) in [5, 5.41) is 12.1. The first-order valence-electron chi connectivity index (χ1n) is 4.77. The molecule has 0 atom stereocenters. The molecule has 1 rings (SSSR count). The van der Waals surface area contributed by atoms with E-state index < -0.39 is 0 Å². The summed E-state index contributed by atoms with van der Waals surface area (Å²) in [5.41, 5.74) is 0.906. The van der Waals surface area contributed by atoms with E-state index in [0.717, 1.165) is 25.1 Å². The van der Waals surface area contributed by atoms with E-state index >= 15 is 0 Å². The van der Waals surface area contributed by atoms with Crippen LogP contribution in [-0.4, -0.2) is 6.54 Å². The molecule has 76 valence electrons. The number of rotatable bonds is 5. The van der Waals surface area contributed by atoms with E-state index in [9.17, 15) is 0 Å². The van der Waals surface area contributed by atoms with Gasteiger partial charge in [-0.2, -0.15) is 5.26 Å². The van der Waals surface area contributed by atoms with Crippen molar-refractivity contribution >= 4 is 0 Å². The van der Waals surface area contributed by atoms with E-state index in [-0.39, 0.29) is 5.41 Å². The highest BCUT2D eigenvalue weighted by molar-refractivity contribution is 5.04. The maximum atomic E-state index is 8.78. The van der Waals surface area contributed by atoms with E-state index in [0.29, 0.717) is 0 Å². The standard InChI is InChI=1S/C11H16N2O/c1-11(2,9-12)4-5-13-7-10-3-6-14-8-10/h3,6,8,13H,4-5,7H2,1-2H3. The molecule has 0 saturated carbocycles. The molecule has 3 nitrogen and oxygen atoms in total. The van der Waals surface area contributed by atoms with E-state index in [1.54, 1.807) is 12.5 Å². The van der Waals surface area contributed by atoms with Gasteiger partial charge in [-0.1, -0.05) is 0 Å². The molecule has 0 radical (unpaired) electrons. The molecule has 1 aromatic heterocycles. The Morgan fingerprint density at radius 1 is 1.57 bits per heavy atom. The van der Waals surface area contributed by atoms with Crippen LogP contribution < -0.4 is 5.32 Å². The lowest BCUT2D eigenvalue weighted by molar-refractivity contribution is 0.432. The van der Waals surface area contributed by atoms with Gasteiger partial charge >= 0.3 is 0 Å². The molecule has 1 heterocycles. The fourth-order valence-electron chi connectivity index (χ4n) is 1.08. The van der Waals surface area contributed by atoms with Crippen molar-refractivity contribution in [3.8, 4) is 6.07 Å². The van der Waals surface area contributed by atoms with E-state index in [4.69, 9.17) is 9.68 Å². The summed E-state index contributed by atoms with van der Waals surface area (Å²) in [4.78, 5) is 0. The lowest BCUT2D eigenvalue weighted by Gasteiger charge is -2.14. The summed E-state index contributed by atoms with van der Waals surface area (Å²) in [6.07, 6.45) is 4.25. The smallest absolute Gasteiger partial charge is 0.0947 e. The van der Waals surface area contributed by atoms with Crippen LogP contribution in [0.4, 0.5) is 0 Å². The van der Waals surface area contributed by atoms with Crippen LogP contribution >= 0.6 is 0 Å². The van der Waals surface area contributed by atoms with Gasteiger partial charge in [-0.3, -0.25) is 0 Å². The molecule has 0 spiro atoms. The van der Waals surface area contributed by atoms with Gasteiger partial charge in [-0.15, -0.1) is 0 Å². The molecule has 0 aliphatic heterocycles. The Bertz CT molecular complexity index is 296. The largest absolute Gasteiger partial charge is 0.472 e. The second kappa shape index (κ2) is 4.83. The zero-order chi connectivity index (χ0) is 10.4. The number of nitriles is 1. The minimum atomic E-state index is -0.233. The van der Waals surface area contributed by atoms with Crippen LogP contribution in [-0.2, 0) is 6.54 Å². The molecule has 0 unspecified atom stereocenters. The first-order valence-corrected chi connectivity index (χ1v) is 4.77. The van der Waals surface area contributed by atoms with Crippen molar-refractivity contribution in [2.45, 2.75) is 26.8 Å². The first-order chi connectivity index (χ1) is 6.64. The number of nitrogens with zero attached hydrogens (tertiary/aromatic N) is 1. The molecule has 14 heavy (non-hydrogen) atoms. The summed E-state index contributed by atoms with van der Waals surface area (Å²) in [6.45, 7) is 5.56. The summed E-state index contributed by atoms with van der Waals surface area (Å²) < 4.78 is 4.94. The van der Waals surface area contributed by atoms with Crippen LogP contribution in [0.25, 0.3) is 0 Å². The van der Waals surface area contributed by atoms with Crippen molar-refractivity contribution in [2.24, 2.45) is 5.41 Å². The molecule has 0 bridgehead atoms. The van der Waals surface area contributed by atoms with Gasteiger partial charge in [0, 0.05) is 12.1 Å². The minimum absolute atomic E-state index is 0.233. The van der Waals surface area contributed by atoms with Crippen molar-refractivity contribution in [1.82, 2.24) is 5.32 Å². The third kappa shape index (κ3) is 3.63. The summed E-state index contributed by atoms with van der Waals surface area (Å²) in [5.74, 6) is 0. The van der Waals surface area contributed by atoms with Gasteiger partial charge in [0.2, 0.25) is 0 Å². The highest BCUT2D eigenvalue weighted by Gasteiger charge is 2.15. The maximum Gasteiger partial charge on any atom is 0.0947 e. The fourth-order valence-corrected chi connectivity index (χ4v) is 1.08. The quantitative estimate of drug-likeness (QED) is 0.728. The lowest BCUT2D eigenvalue weighted by Crippen LogP contribution is -2.20. The summed E-state index contributed by atoms with van der Waals surface area (Å²) in [6, 6.07) is 4.21. The van der Waals surface area contributed by atoms with E-state index in [2.05, 4.69) is 11.4 Å². The Kier molecular flexibility index (Phi) is 3.73. The van der Waals surface area contributed by atoms with Crippen LogP contribution in [0.2, 0.25) is 0 Å². The Morgan fingerprint density at radius 2 is 2.36 bits per heavy atom. The van der Waals surface area contributed by atoms with Gasteiger partial charge in [0.05, 0.1) is 24.0 Å². The monoisotopic (exact) mass is 192 g/mol. The average Bonchev–Trinajstić information content (AvgIpc) is 2.65. The van der Waals surface area contributed by atoms with Crippen molar-refractivity contribution in [3.63, 3.8) is 0 Å². The predicted octanol–water partition coefficient (Wildman–Crippen LogP) is 2.31. The van der Waals surface area contributed by atoms with Crippen LogP contribution in [0.5, 0.6) is 0 Å². The third-order valence-corrected chi connectivity index (χ3v) is 2.14.